The number of imidazole rings is 2. The van der Waals surface area contributed by atoms with E-state index < -0.39 is 0 Å². The molecule has 0 spiro atoms. The van der Waals surface area contributed by atoms with Crippen molar-refractivity contribution in [2.45, 2.75) is 6.54 Å². The van der Waals surface area contributed by atoms with Crippen LogP contribution in [-0.2, 0) is 6.54 Å². The van der Waals surface area contributed by atoms with E-state index in [1.807, 2.05) is 19.3 Å². The lowest BCUT2D eigenvalue weighted by atomic mass is 10.2. The molecule has 0 unspecified atom stereocenters. The molecule has 2 heterocycles. The summed E-state index contributed by atoms with van der Waals surface area (Å²) in [7, 11) is 2.04. The number of benzene rings is 1. The van der Waals surface area contributed by atoms with Gasteiger partial charge in [0.15, 0.2) is 0 Å². The third-order valence-electron chi connectivity index (χ3n) is 2.79. The molecule has 5 nitrogen and oxygen atoms in total. The molecule has 3 rings (SSSR count). The Bertz CT molecular complexity index is 611. The van der Waals surface area contributed by atoms with Crippen molar-refractivity contribution in [1.82, 2.24) is 19.9 Å². The first kappa shape index (κ1) is 9.89. The Morgan fingerprint density at radius 2 is 2.18 bits per heavy atom. The minimum absolute atomic E-state index is 0.757. The van der Waals surface area contributed by atoms with Crippen molar-refractivity contribution in [3.05, 3.63) is 42.7 Å². The van der Waals surface area contributed by atoms with E-state index in [9.17, 15) is 0 Å². The fourth-order valence-corrected chi connectivity index (χ4v) is 1.86. The van der Waals surface area contributed by atoms with Crippen LogP contribution in [0, 0.1) is 0 Å². The average Bonchev–Trinajstić information content (AvgIpc) is 2.97. The van der Waals surface area contributed by atoms with Crippen LogP contribution in [0.3, 0.4) is 0 Å². The molecule has 0 saturated heterocycles. The Labute approximate surface area is 98.5 Å². The lowest BCUT2D eigenvalue weighted by molar-refractivity contribution is 0.860. The molecule has 0 aliphatic heterocycles. The lowest BCUT2D eigenvalue weighted by Crippen LogP contribution is -2.17. The van der Waals surface area contributed by atoms with Gasteiger partial charge in [0.05, 0.1) is 23.9 Å². The second-order valence-electron chi connectivity index (χ2n) is 4.00. The van der Waals surface area contributed by atoms with Crippen LogP contribution in [-0.4, -0.2) is 27.0 Å². The summed E-state index contributed by atoms with van der Waals surface area (Å²) < 4.78 is 0. The number of rotatable bonds is 3. The van der Waals surface area contributed by atoms with Crippen molar-refractivity contribution < 1.29 is 0 Å². The van der Waals surface area contributed by atoms with Crippen LogP contribution in [0.1, 0.15) is 5.82 Å². The number of hydrogen-bond acceptors (Lipinski definition) is 3. The molecule has 17 heavy (non-hydrogen) atoms. The molecule has 0 fully saturated rings. The van der Waals surface area contributed by atoms with E-state index in [0.29, 0.717) is 0 Å². The van der Waals surface area contributed by atoms with Gasteiger partial charge in [0, 0.05) is 25.1 Å². The zero-order chi connectivity index (χ0) is 11.7. The van der Waals surface area contributed by atoms with Crippen LogP contribution in [0.15, 0.2) is 36.9 Å². The number of nitrogens with zero attached hydrogens (tertiary/aromatic N) is 3. The van der Waals surface area contributed by atoms with Crippen LogP contribution < -0.4 is 4.90 Å². The maximum absolute atomic E-state index is 4.22. The highest BCUT2D eigenvalue weighted by Crippen LogP contribution is 2.19. The highest BCUT2D eigenvalue weighted by Gasteiger charge is 2.05. The van der Waals surface area contributed by atoms with Gasteiger partial charge in [-0.1, -0.05) is 0 Å². The second-order valence-corrected chi connectivity index (χ2v) is 4.00. The van der Waals surface area contributed by atoms with Gasteiger partial charge < -0.3 is 14.9 Å². The fraction of sp³-hybridized carbons (Fsp3) is 0.167. The minimum atomic E-state index is 0.757. The van der Waals surface area contributed by atoms with E-state index in [2.05, 4.69) is 37.0 Å². The summed E-state index contributed by atoms with van der Waals surface area (Å²) in [4.78, 5) is 16.8. The molecule has 5 heteroatoms. The van der Waals surface area contributed by atoms with Crippen LogP contribution in [0.4, 0.5) is 5.69 Å². The minimum Gasteiger partial charge on any atom is -0.367 e. The van der Waals surface area contributed by atoms with Gasteiger partial charge in [-0.25, -0.2) is 9.97 Å². The second kappa shape index (κ2) is 3.93. The topological polar surface area (TPSA) is 60.6 Å². The van der Waals surface area contributed by atoms with E-state index in [1.54, 1.807) is 12.5 Å². The van der Waals surface area contributed by atoms with Crippen molar-refractivity contribution in [1.29, 1.82) is 0 Å². The Morgan fingerprint density at radius 3 is 3.00 bits per heavy atom. The van der Waals surface area contributed by atoms with E-state index in [1.165, 1.54) is 0 Å². The third kappa shape index (κ3) is 1.87. The molecule has 0 saturated carbocycles. The summed E-state index contributed by atoms with van der Waals surface area (Å²) in [6.07, 6.45) is 5.31. The van der Waals surface area contributed by atoms with E-state index in [-0.39, 0.29) is 0 Å². The summed E-state index contributed by atoms with van der Waals surface area (Å²) in [5.41, 5.74) is 3.17. The number of aromatic nitrogens is 4. The third-order valence-corrected chi connectivity index (χ3v) is 2.79. The smallest absolute Gasteiger partial charge is 0.125 e. The number of fused-ring (bicyclic) bond motifs is 1. The number of H-pyrrole nitrogens is 2. The molecule has 0 radical (unpaired) electrons. The summed E-state index contributed by atoms with van der Waals surface area (Å²) in [6.45, 7) is 0.757. The quantitative estimate of drug-likeness (QED) is 0.718. The maximum Gasteiger partial charge on any atom is 0.125 e. The summed E-state index contributed by atoms with van der Waals surface area (Å²) >= 11 is 0. The van der Waals surface area contributed by atoms with E-state index >= 15 is 0 Å². The van der Waals surface area contributed by atoms with Gasteiger partial charge in [-0.2, -0.15) is 0 Å². The van der Waals surface area contributed by atoms with Gasteiger partial charge in [0.1, 0.15) is 5.82 Å². The molecule has 2 N–H and O–H groups in total. The van der Waals surface area contributed by atoms with E-state index in [0.717, 1.165) is 29.1 Å². The molecule has 1 aromatic carbocycles. The van der Waals surface area contributed by atoms with Crippen LogP contribution >= 0.6 is 0 Å². The molecule has 3 aromatic rings. The first-order valence-corrected chi connectivity index (χ1v) is 5.45. The highest BCUT2D eigenvalue weighted by atomic mass is 15.1. The summed E-state index contributed by atoms with van der Waals surface area (Å²) in [5.74, 6) is 0.956. The number of hydrogen-bond donors (Lipinski definition) is 2. The predicted molar refractivity (Wildman–Crippen MR) is 66.8 cm³/mol. The number of nitrogens with one attached hydrogen (secondary N) is 2. The Balaban J connectivity index is 1.87. The van der Waals surface area contributed by atoms with Crippen molar-refractivity contribution in [2.75, 3.05) is 11.9 Å². The average molecular weight is 227 g/mol. The molecule has 0 amide bonds. The van der Waals surface area contributed by atoms with Crippen molar-refractivity contribution >= 4 is 16.7 Å². The zero-order valence-corrected chi connectivity index (χ0v) is 9.51. The van der Waals surface area contributed by atoms with Gasteiger partial charge in [-0.3, -0.25) is 0 Å². The standard InChI is InChI=1S/C12H13N5/c1-17(7-12-13-4-5-14-12)9-2-3-10-11(6-9)16-8-15-10/h2-6,8H,7H2,1H3,(H,13,14)(H,15,16). The van der Waals surface area contributed by atoms with Gasteiger partial charge in [-0.15, -0.1) is 0 Å². The molecular formula is C12H13N5. The number of anilines is 1. The zero-order valence-electron chi connectivity index (χ0n) is 9.51. The largest absolute Gasteiger partial charge is 0.367 e. The number of aromatic amines is 2. The Kier molecular flexibility index (Phi) is 2.29. The molecule has 0 bridgehead atoms. The van der Waals surface area contributed by atoms with Gasteiger partial charge in [0.25, 0.3) is 0 Å². The molecule has 86 valence electrons. The Morgan fingerprint density at radius 1 is 1.24 bits per heavy atom. The normalized spacial score (nSPS) is 10.9. The van der Waals surface area contributed by atoms with Crippen molar-refractivity contribution in [3.63, 3.8) is 0 Å². The summed E-state index contributed by atoms with van der Waals surface area (Å²) in [6, 6.07) is 6.16. The lowest BCUT2D eigenvalue weighted by Gasteiger charge is -2.17. The maximum atomic E-state index is 4.22. The molecule has 0 aliphatic rings. The van der Waals surface area contributed by atoms with Gasteiger partial charge in [0.2, 0.25) is 0 Å². The molecule has 2 aromatic heterocycles. The predicted octanol–water partition coefficient (Wildman–Crippen LogP) is 1.92. The first-order valence-electron chi connectivity index (χ1n) is 5.45. The summed E-state index contributed by atoms with van der Waals surface area (Å²) in [5, 5.41) is 0. The Hall–Kier alpha value is -2.30. The fourth-order valence-electron chi connectivity index (χ4n) is 1.86. The molecule has 0 aliphatic carbocycles. The van der Waals surface area contributed by atoms with Crippen molar-refractivity contribution in [2.24, 2.45) is 0 Å². The van der Waals surface area contributed by atoms with E-state index in [4.69, 9.17) is 0 Å². The van der Waals surface area contributed by atoms with Crippen LogP contribution in [0.25, 0.3) is 11.0 Å². The van der Waals surface area contributed by atoms with Crippen LogP contribution in [0.5, 0.6) is 0 Å². The van der Waals surface area contributed by atoms with Gasteiger partial charge >= 0.3 is 0 Å². The highest BCUT2D eigenvalue weighted by molar-refractivity contribution is 5.78. The van der Waals surface area contributed by atoms with Crippen molar-refractivity contribution in [3.8, 4) is 0 Å². The van der Waals surface area contributed by atoms with Crippen LogP contribution in [0.2, 0.25) is 0 Å². The molecular weight excluding hydrogens is 214 g/mol. The van der Waals surface area contributed by atoms with Gasteiger partial charge in [-0.05, 0) is 18.2 Å². The monoisotopic (exact) mass is 227 g/mol. The molecule has 0 atom stereocenters. The SMILES string of the molecule is CN(Cc1ncc[nH]1)c1ccc2nc[nH]c2c1. The first-order chi connectivity index (χ1) is 8.33.